The molecule has 1 saturated heterocycles. The first-order chi connectivity index (χ1) is 3.83. The molecule has 0 saturated carbocycles. The van der Waals surface area contributed by atoms with E-state index in [1.807, 2.05) is 0 Å². The van der Waals surface area contributed by atoms with Gasteiger partial charge in [0.15, 0.2) is 0 Å². The Bertz CT molecular complexity index is 103. The molecule has 0 aromatic rings. The summed E-state index contributed by atoms with van der Waals surface area (Å²) >= 11 is 0. The van der Waals surface area contributed by atoms with Crippen molar-refractivity contribution >= 4 is 6.03 Å². The normalized spacial score (nSPS) is 27.1. The molecule has 1 rings (SSSR count). The second-order valence-electron chi connectivity index (χ2n) is 1.96. The van der Waals surface area contributed by atoms with Crippen molar-refractivity contribution < 1.29 is 4.79 Å². The van der Waals surface area contributed by atoms with Gasteiger partial charge in [-0.25, -0.2) is 4.79 Å². The molecule has 0 radical (unpaired) electrons. The number of rotatable bonds is 1. The van der Waals surface area contributed by atoms with Gasteiger partial charge in [0.1, 0.15) is 0 Å². The van der Waals surface area contributed by atoms with Crippen LogP contribution in [0, 0.1) is 0 Å². The number of carbonyl (C=O) groups excluding carboxylic acids is 1. The predicted molar refractivity (Wildman–Crippen MR) is 30.6 cm³/mol. The van der Waals surface area contributed by atoms with Gasteiger partial charge in [-0.3, -0.25) is 0 Å². The number of hydrogen-bond acceptors (Lipinski definition) is 1. The minimum atomic E-state index is -0.0307. The number of urea groups is 1. The topological polar surface area (TPSA) is 41.1 Å². The van der Waals surface area contributed by atoms with Crippen LogP contribution in [0.3, 0.4) is 0 Å². The highest BCUT2D eigenvalue weighted by atomic mass is 16.2. The van der Waals surface area contributed by atoms with Gasteiger partial charge in [0.05, 0.1) is 0 Å². The van der Waals surface area contributed by atoms with Gasteiger partial charge in [-0.05, 0) is 6.42 Å². The van der Waals surface area contributed by atoms with Gasteiger partial charge in [0, 0.05) is 12.6 Å². The van der Waals surface area contributed by atoms with E-state index in [1.54, 1.807) is 0 Å². The number of carbonyl (C=O) groups is 1. The van der Waals surface area contributed by atoms with Gasteiger partial charge in [0.2, 0.25) is 0 Å². The van der Waals surface area contributed by atoms with E-state index in [4.69, 9.17) is 0 Å². The summed E-state index contributed by atoms with van der Waals surface area (Å²) in [4.78, 5) is 10.4. The summed E-state index contributed by atoms with van der Waals surface area (Å²) in [5, 5.41) is 5.42. The molecule has 1 heterocycles. The maximum absolute atomic E-state index is 10.4. The molecule has 0 unspecified atom stereocenters. The summed E-state index contributed by atoms with van der Waals surface area (Å²) < 4.78 is 0. The minimum absolute atomic E-state index is 0.0307. The molecule has 1 atom stereocenters. The van der Waals surface area contributed by atoms with Crippen molar-refractivity contribution in [1.82, 2.24) is 10.6 Å². The van der Waals surface area contributed by atoms with Crippen molar-refractivity contribution in [3.63, 3.8) is 0 Å². The van der Waals surface area contributed by atoms with E-state index in [0.717, 1.165) is 13.0 Å². The van der Waals surface area contributed by atoms with Gasteiger partial charge < -0.3 is 10.6 Å². The van der Waals surface area contributed by atoms with Crippen LogP contribution in [0.1, 0.15) is 13.3 Å². The standard InChI is InChI=1S/C5H10N2O/c1-2-4-3-6-5(8)7-4/h4H,2-3H2,1H3,(H2,6,7,8)/t4-/m0/s1. The Kier molecular flexibility index (Phi) is 1.37. The molecule has 3 heteroatoms. The Hall–Kier alpha value is -0.730. The average molecular weight is 114 g/mol. The van der Waals surface area contributed by atoms with Crippen molar-refractivity contribution in [2.45, 2.75) is 19.4 Å². The van der Waals surface area contributed by atoms with Gasteiger partial charge in [-0.1, -0.05) is 6.92 Å². The molecule has 1 aliphatic rings. The molecule has 2 N–H and O–H groups in total. The lowest BCUT2D eigenvalue weighted by atomic mass is 10.2. The summed E-state index contributed by atoms with van der Waals surface area (Å²) in [5.41, 5.74) is 0. The highest BCUT2D eigenvalue weighted by Crippen LogP contribution is 1.93. The quantitative estimate of drug-likeness (QED) is 0.498. The summed E-state index contributed by atoms with van der Waals surface area (Å²) in [6.07, 6.45) is 1.01. The molecule has 1 fully saturated rings. The molecular weight excluding hydrogens is 104 g/mol. The molecule has 0 bridgehead atoms. The molecule has 46 valence electrons. The molecule has 0 spiro atoms. The third kappa shape index (κ3) is 0.911. The molecular formula is C5H10N2O. The summed E-state index contributed by atoms with van der Waals surface area (Å²) in [7, 11) is 0. The van der Waals surface area contributed by atoms with Gasteiger partial charge in [-0.2, -0.15) is 0 Å². The monoisotopic (exact) mass is 114 g/mol. The number of nitrogens with one attached hydrogen (secondary N) is 2. The van der Waals surface area contributed by atoms with E-state index in [0.29, 0.717) is 6.04 Å². The molecule has 8 heavy (non-hydrogen) atoms. The van der Waals surface area contributed by atoms with E-state index in [-0.39, 0.29) is 6.03 Å². The van der Waals surface area contributed by atoms with E-state index in [9.17, 15) is 4.79 Å². The molecule has 0 aliphatic carbocycles. The molecule has 2 amide bonds. The minimum Gasteiger partial charge on any atom is -0.336 e. The van der Waals surface area contributed by atoms with Crippen LogP contribution in [-0.2, 0) is 0 Å². The van der Waals surface area contributed by atoms with Crippen LogP contribution in [0.15, 0.2) is 0 Å². The molecule has 0 aromatic heterocycles. The first-order valence-corrected chi connectivity index (χ1v) is 2.87. The molecule has 0 aromatic carbocycles. The Labute approximate surface area is 48.5 Å². The smallest absolute Gasteiger partial charge is 0.315 e. The SMILES string of the molecule is CC[C@H]1CNC(=O)N1. The maximum Gasteiger partial charge on any atom is 0.315 e. The lowest BCUT2D eigenvalue weighted by Crippen LogP contribution is -2.25. The van der Waals surface area contributed by atoms with E-state index >= 15 is 0 Å². The van der Waals surface area contributed by atoms with Gasteiger partial charge in [-0.15, -0.1) is 0 Å². The maximum atomic E-state index is 10.4. The van der Waals surface area contributed by atoms with Crippen molar-refractivity contribution in [3.05, 3.63) is 0 Å². The second-order valence-corrected chi connectivity index (χ2v) is 1.96. The van der Waals surface area contributed by atoms with E-state index in [1.165, 1.54) is 0 Å². The second kappa shape index (κ2) is 2.03. The largest absolute Gasteiger partial charge is 0.336 e. The summed E-state index contributed by atoms with van der Waals surface area (Å²) in [5.74, 6) is 0. The van der Waals surface area contributed by atoms with Crippen molar-refractivity contribution in [3.8, 4) is 0 Å². The fourth-order valence-electron chi connectivity index (χ4n) is 0.750. The first kappa shape index (κ1) is 5.41. The fraction of sp³-hybridized carbons (Fsp3) is 0.800. The number of hydrogen-bond donors (Lipinski definition) is 2. The van der Waals surface area contributed by atoms with E-state index < -0.39 is 0 Å². The van der Waals surface area contributed by atoms with Crippen molar-refractivity contribution in [2.24, 2.45) is 0 Å². The third-order valence-corrected chi connectivity index (χ3v) is 1.34. The highest BCUT2D eigenvalue weighted by molar-refractivity contribution is 5.76. The van der Waals surface area contributed by atoms with Crippen LogP contribution in [0.5, 0.6) is 0 Å². The predicted octanol–water partition coefficient (Wildman–Crippen LogP) is 0.0778. The lowest BCUT2D eigenvalue weighted by molar-refractivity contribution is 0.247. The zero-order valence-corrected chi connectivity index (χ0v) is 4.90. The van der Waals surface area contributed by atoms with Crippen LogP contribution in [0.4, 0.5) is 4.79 Å². The van der Waals surface area contributed by atoms with E-state index in [2.05, 4.69) is 17.6 Å². The fourth-order valence-corrected chi connectivity index (χ4v) is 0.750. The Morgan fingerprint density at radius 3 is 2.88 bits per heavy atom. The number of amides is 2. The first-order valence-electron chi connectivity index (χ1n) is 2.87. The van der Waals surface area contributed by atoms with Crippen LogP contribution in [0.2, 0.25) is 0 Å². The zero-order valence-electron chi connectivity index (χ0n) is 4.90. The van der Waals surface area contributed by atoms with Gasteiger partial charge >= 0.3 is 6.03 Å². The lowest BCUT2D eigenvalue weighted by Gasteiger charge is -2.00. The van der Waals surface area contributed by atoms with Crippen LogP contribution in [-0.4, -0.2) is 18.6 Å². The Morgan fingerprint density at radius 1 is 1.88 bits per heavy atom. The molecule has 3 nitrogen and oxygen atoms in total. The summed E-state index contributed by atoms with van der Waals surface area (Å²) in [6.45, 7) is 2.84. The highest BCUT2D eigenvalue weighted by Gasteiger charge is 2.16. The van der Waals surface area contributed by atoms with Gasteiger partial charge in [0.25, 0.3) is 0 Å². The molecule has 1 aliphatic heterocycles. The zero-order chi connectivity index (χ0) is 5.98. The summed E-state index contributed by atoms with van der Waals surface area (Å²) in [6, 6.07) is 0.333. The average Bonchev–Trinajstić information content (AvgIpc) is 2.14. The van der Waals surface area contributed by atoms with Crippen LogP contribution < -0.4 is 10.6 Å². The Morgan fingerprint density at radius 2 is 2.62 bits per heavy atom. The van der Waals surface area contributed by atoms with Crippen molar-refractivity contribution in [2.75, 3.05) is 6.54 Å². The third-order valence-electron chi connectivity index (χ3n) is 1.34. The van der Waals surface area contributed by atoms with Crippen molar-refractivity contribution in [1.29, 1.82) is 0 Å². The van der Waals surface area contributed by atoms with Crippen LogP contribution >= 0.6 is 0 Å². The Balaban J connectivity index is 2.32. The van der Waals surface area contributed by atoms with Crippen LogP contribution in [0.25, 0.3) is 0 Å².